The number of nitrogens with zero attached hydrogens (tertiary/aromatic N) is 5. The van der Waals surface area contributed by atoms with Gasteiger partial charge < -0.3 is 24.9 Å². The number of ether oxygens (including phenoxy) is 1. The highest BCUT2D eigenvalue weighted by Gasteiger charge is 2.26. The van der Waals surface area contributed by atoms with Crippen LogP contribution in [-0.2, 0) is 6.54 Å². The molecule has 0 atom stereocenters. The lowest BCUT2D eigenvalue weighted by Gasteiger charge is -2.34. The maximum Gasteiger partial charge on any atom is 0.414 e. The molecular formula is C14H21N5O5. The Balaban J connectivity index is 1.54. The SMILES string of the molecule is O=C(O)N1CCC(CN2CCOc3nc([N+](=O)[O-])cn3CC2)CC1. The van der Waals surface area contributed by atoms with Gasteiger partial charge in [0.1, 0.15) is 12.8 Å². The van der Waals surface area contributed by atoms with E-state index in [1.165, 1.54) is 11.1 Å². The molecular weight excluding hydrogens is 318 g/mol. The number of hydrogen-bond donors (Lipinski definition) is 1. The van der Waals surface area contributed by atoms with Crippen LogP contribution in [0.25, 0.3) is 0 Å². The van der Waals surface area contributed by atoms with Crippen molar-refractivity contribution < 1.29 is 19.6 Å². The van der Waals surface area contributed by atoms with Crippen molar-refractivity contribution in [2.75, 3.05) is 39.3 Å². The Hall–Kier alpha value is -2.36. The Labute approximate surface area is 138 Å². The summed E-state index contributed by atoms with van der Waals surface area (Å²) in [5.74, 6) is 0.274. The molecule has 0 aliphatic carbocycles. The van der Waals surface area contributed by atoms with E-state index < -0.39 is 11.0 Å². The van der Waals surface area contributed by atoms with Gasteiger partial charge in [-0.15, -0.1) is 0 Å². The van der Waals surface area contributed by atoms with Crippen molar-refractivity contribution in [3.05, 3.63) is 16.3 Å². The van der Waals surface area contributed by atoms with Crippen molar-refractivity contribution in [3.63, 3.8) is 0 Å². The van der Waals surface area contributed by atoms with Crippen molar-refractivity contribution in [2.45, 2.75) is 19.4 Å². The molecule has 2 aliphatic heterocycles. The van der Waals surface area contributed by atoms with E-state index in [4.69, 9.17) is 9.84 Å². The van der Waals surface area contributed by atoms with Crippen LogP contribution in [0.5, 0.6) is 6.01 Å². The molecule has 0 saturated carbocycles. The fourth-order valence-electron chi connectivity index (χ4n) is 3.23. The molecule has 1 aromatic heterocycles. The predicted molar refractivity (Wildman–Crippen MR) is 83.1 cm³/mol. The molecule has 1 N–H and O–H groups in total. The lowest BCUT2D eigenvalue weighted by Crippen LogP contribution is -2.43. The molecule has 3 rings (SSSR count). The molecule has 1 saturated heterocycles. The third-order valence-corrected chi connectivity index (χ3v) is 4.61. The number of aromatic nitrogens is 2. The first-order valence-corrected chi connectivity index (χ1v) is 8.07. The highest BCUT2D eigenvalue weighted by Crippen LogP contribution is 2.21. The Morgan fingerprint density at radius 3 is 2.75 bits per heavy atom. The second kappa shape index (κ2) is 7.04. The fraction of sp³-hybridized carbons (Fsp3) is 0.714. The van der Waals surface area contributed by atoms with E-state index in [0.29, 0.717) is 38.2 Å². The van der Waals surface area contributed by atoms with Crippen LogP contribution >= 0.6 is 0 Å². The number of hydrogen-bond acceptors (Lipinski definition) is 6. The highest BCUT2D eigenvalue weighted by atomic mass is 16.6. The molecule has 0 aromatic carbocycles. The van der Waals surface area contributed by atoms with E-state index in [1.54, 1.807) is 4.57 Å². The highest BCUT2D eigenvalue weighted by molar-refractivity contribution is 5.64. The Bertz CT molecular complexity index is 611. The number of piperidine rings is 1. The van der Waals surface area contributed by atoms with Gasteiger partial charge in [0.2, 0.25) is 0 Å². The smallest absolute Gasteiger partial charge is 0.414 e. The van der Waals surface area contributed by atoms with Gasteiger partial charge in [0.25, 0.3) is 0 Å². The average Bonchev–Trinajstić information content (AvgIpc) is 2.93. The molecule has 0 unspecified atom stereocenters. The summed E-state index contributed by atoms with van der Waals surface area (Å²) in [7, 11) is 0. The van der Waals surface area contributed by atoms with Crippen LogP contribution in [0.15, 0.2) is 6.20 Å². The topological polar surface area (TPSA) is 114 Å². The number of carbonyl (C=O) groups is 1. The first-order chi connectivity index (χ1) is 11.5. The van der Waals surface area contributed by atoms with Crippen LogP contribution in [0.4, 0.5) is 10.6 Å². The first kappa shape index (κ1) is 16.5. The van der Waals surface area contributed by atoms with Gasteiger partial charge in [0.15, 0.2) is 0 Å². The van der Waals surface area contributed by atoms with Crippen LogP contribution in [0, 0.1) is 16.0 Å². The maximum absolute atomic E-state index is 10.9. The van der Waals surface area contributed by atoms with Crippen molar-refractivity contribution >= 4 is 11.9 Å². The van der Waals surface area contributed by atoms with Crippen LogP contribution in [0.1, 0.15) is 12.8 Å². The first-order valence-electron chi connectivity index (χ1n) is 8.07. The van der Waals surface area contributed by atoms with Crippen LogP contribution in [0.3, 0.4) is 0 Å². The summed E-state index contributed by atoms with van der Waals surface area (Å²) >= 11 is 0. The van der Waals surface area contributed by atoms with Crippen LogP contribution in [0.2, 0.25) is 0 Å². The van der Waals surface area contributed by atoms with Gasteiger partial charge in [-0.3, -0.25) is 9.47 Å². The van der Waals surface area contributed by atoms with E-state index in [0.717, 1.165) is 32.5 Å². The van der Waals surface area contributed by atoms with E-state index in [2.05, 4.69) is 9.88 Å². The minimum Gasteiger partial charge on any atom is -0.465 e. The van der Waals surface area contributed by atoms with Crippen molar-refractivity contribution in [1.82, 2.24) is 19.4 Å². The number of nitro groups is 1. The van der Waals surface area contributed by atoms with E-state index in [-0.39, 0.29) is 5.82 Å². The number of fused-ring (bicyclic) bond motifs is 1. The average molecular weight is 339 g/mol. The van der Waals surface area contributed by atoms with Gasteiger partial charge in [0.05, 0.1) is 0 Å². The van der Waals surface area contributed by atoms with Crippen molar-refractivity contribution in [3.8, 4) is 6.01 Å². The number of carboxylic acid groups (broad SMARTS) is 1. The zero-order valence-electron chi connectivity index (χ0n) is 13.3. The Kier molecular flexibility index (Phi) is 4.84. The molecule has 0 radical (unpaired) electrons. The second-order valence-electron chi connectivity index (χ2n) is 6.19. The molecule has 10 heteroatoms. The van der Waals surface area contributed by atoms with E-state index in [1.807, 2.05) is 0 Å². The minimum absolute atomic E-state index is 0.195. The molecule has 1 amide bonds. The zero-order valence-corrected chi connectivity index (χ0v) is 13.3. The third kappa shape index (κ3) is 3.75. The van der Waals surface area contributed by atoms with Gasteiger partial charge in [-0.2, -0.15) is 0 Å². The lowest BCUT2D eigenvalue weighted by molar-refractivity contribution is -0.389. The molecule has 2 aliphatic rings. The summed E-state index contributed by atoms with van der Waals surface area (Å²) in [5, 5.41) is 19.8. The zero-order chi connectivity index (χ0) is 17.1. The predicted octanol–water partition coefficient (Wildman–Crippen LogP) is 0.876. The molecule has 0 bridgehead atoms. The van der Waals surface area contributed by atoms with Crippen LogP contribution in [-0.4, -0.2) is 74.8 Å². The molecule has 0 spiro atoms. The molecule has 10 nitrogen and oxygen atoms in total. The number of imidazole rings is 1. The molecule has 3 heterocycles. The van der Waals surface area contributed by atoms with Gasteiger partial charge in [-0.1, -0.05) is 0 Å². The number of rotatable bonds is 3. The van der Waals surface area contributed by atoms with Gasteiger partial charge in [0, 0.05) is 44.3 Å². The van der Waals surface area contributed by atoms with E-state index >= 15 is 0 Å². The Morgan fingerprint density at radius 2 is 2.08 bits per heavy atom. The van der Waals surface area contributed by atoms with Crippen molar-refractivity contribution in [1.29, 1.82) is 0 Å². The standard InChI is InChI=1S/C14H21N5O5/c20-14(21)17-3-1-11(2-4-17)9-16-5-6-18-10-12(19(22)23)15-13(18)24-8-7-16/h10-11H,1-9H2,(H,20,21). The minimum atomic E-state index is -0.845. The summed E-state index contributed by atoms with van der Waals surface area (Å²) in [6.07, 6.45) is 2.29. The summed E-state index contributed by atoms with van der Waals surface area (Å²) < 4.78 is 7.22. The Morgan fingerprint density at radius 1 is 1.33 bits per heavy atom. The molecule has 132 valence electrons. The monoisotopic (exact) mass is 339 g/mol. The van der Waals surface area contributed by atoms with Gasteiger partial charge in [-0.05, 0) is 23.7 Å². The number of likely N-dealkylation sites (tertiary alicyclic amines) is 1. The molecule has 1 fully saturated rings. The molecule has 24 heavy (non-hydrogen) atoms. The van der Waals surface area contributed by atoms with Gasteiger partial charge >= 0.3 is 17.9 Å². The number of amides is 1. The third-order valence-electron chi connectivity index (χ3n) is 4.61. The van der Waals surface area contributed by atoms with Crippen molar-refractivity contribution in [2.24, 2.45) is 5.92 Å². The summed E-state index contributed by atoms with van der Waals surface area (Å²) in [5.41, 5.74) is 0. The fourth-order valence-corrected chi connectivity index (χ4v) is 3.23. The summed E-state index contributed by atoms with van der Waals surface area (Å²) in [4.78, 5) is 28.9. The second-order valence-corrected chi connectivity index (χ2v) is 6.19. The molecule has 1 aromatic rings. The van der Waals surface area contributed by atoms with Gasteiger partial charge in [-0.25, -0.2) is 4.79 Å². The normalized spacial score (nSPS) is 19.9. The quantitative estimate of drug-likeness (QED) is 0.642. The van der Waals surface area contributed by atoms with E-state index in [9.17, 15) is 14.9 Å². The maximum atomic E-state index is 10.9. The van der Waals surface area contributed by atoms with Crippen LogP contribution < -0.4 is 4.74 Å². The lowest BCUT2D eigenvalue weighted by atomic mass is 9.96. The summed E-state index contributed by atoms with van der Waals surface area (Å²) in [6.45, 7) is 4.59. The largest absolute Gasteiger partial charge is 0.465 e. The summed E-state index contributed by atoms with van der Waals surface area (Å²) in [6, 6.07) is 0.302.